The first-order chi connectivity index (χ1) is 17.4. The molecule has 3 aliphatic rings. The standard InChI is InChI=1S/C25H33N7O4/c1-3-19-24(27-16-6-10-35-11-7-16)30-25(22(29-19)23(26)34)28-17-4-5-20-21(12-17)36-14-18-13-31(15(2)33)8-9-32(18)20/h4-5,12,16,18H,3,6-11,13-14H2,1-2H3,(H2,26,34)(H2,27,28,30). The highest BCUT2D eigenvalue weighted by Crippen LogP contribution is 2.38. The molecule has 0 bridgehead atoms. The average molecular weight is 496 g/mol. The van der Waals surface area contributed by atoms with Gasteiger partial charge < -0.3 is 35.6 Å². The Morgan fingerprint density at radius 2 is 1.97 bits per heavy atom. The maximum absolute atomic E-state index is 12.2. The first-order valence-corrected chi connectivity index (χ1v) is 12.5. The molecular formula is C25H33N7O4. The Balaban J connectivity index is 1.39. The van der Waals surface area contributed by atoms with E-state index in [9.17, 15) is 9.59 Å². The minimum Gasteiger partial charge on any atom is -0.489 e. The molecule has 1 unspecified atom stereocenters. The van der Waals surface area contributed by atoms with Gasteiger partial charge in [-0.25, -0.2) is 9.97 Å². The third-order valence-corrected chi connectivity index (χ3v) is 6.99. The number of carbonyl (C=O) groups excluding carboxylic acids is 2. The van der Waals surface area contributed by atoms with Gasteiger partial charge in [0.05, 0.1) is 17.4 Å². The van der Waals surface area contributed by atoms with Crippen molar-refractivity contribution in [3.63, 3.8) is 0 Å². The van der Waals surface area contributed by atoms with Gasteiger partial charge in [-0.1, -0.05) is 6.92 Å². The second-order valence-electron chi connectivity index (χ2n) is 9.40. The summed E-state index contributed by atoms with van der Waals surface area (Å²) in [6.07, 6.45) is 2.38. The number of hydrogen-bond acceptors (Lipinski definition) is 9. The van der Waals surface area contributed by atoms with Crippen molar-refractivity contribution in [3.05, 3.63) is 29.6 Å². The number of rotatable bonds is 6. The number of aryl methyl sites for hydroxylation is 1. The smallest absolute Gasteiger partial charge is 0.271 e. The molecule has 2 aromatic rings. The summed E-state index contributed by atoms with van der Waals surface area (Å²) in [6, 6.07) is 6.18. The van der Waals surface area contributed by atoms with Crippen LogP contribution in [0, 0.1) is 0 Å². The summed E-state index contributed by atoms with van der Waals surface area (Å²) in [5.74, 6) is 1.14. The molecule has 2 fully saturated rings. The summed E-state index contributed by atoms with van der Waals surface area (Å²) < 4.78 is 11.5. The molecule has 0 radical (unpaired) electrons. The van der Waals surface area contributed by atoms with E-state index in [0.29, 0.717) is 62.3 Å². The van der Waals surface area contributed by atoms with E-state index in [1.165, 1.54) is 0 Å². The van der Waals surface area contributed by atoms with Gasteiger partial charge >= 0.3 is 0 Å². The predicted molar refractivity (Wildman–Crippen MR) is 136 cm³/mol. The molecule has 0 aliphatic carbocycles. The molecule has 11 nitrogen and oxygen atoms in total. The van der Waals surface area contributed by atoms with Crippen LogP contribution in [0.5, 0.6) is 5.75 Å². The molecule has 192 valence electrons. The van der Waals surface area contributed by atoms with Crippen LogP contribution in [0.1, 0.15) is 42.9 Å². The van der Waals surface area contributed by atoms with Crippen molar-refractivity contribution in [2.75, 3.05) is 55.0 Å². The number of carbonyl (C=O) groups is 2. The molecule has 5 rings (SSSR count). The van der Waals surface area contributed by atoms with E-state index in [1.54, 1.807) is 6.92 Å². The summed E-state index contributed by atoms with van der Waals surface area (Å²) in [7, 11) is 0. The number of aromatic nitrogens is 2. The molecule has 0 spiro atoms. The fraction of sp³-hybridized carbons (Fsp3) is 0.520. The van der Waals surface area contributed by atoms with Crippen molar-refractivity contribution >= 4 is 34.8 Å². The van der Waals surface area contributed by atoms with Crippen molar-refractivity contribution in [1.82, 2.24) is 14.9 Å². The Morgan fingerprint density at radius 3 is 2.69 bits per heavy atom. The first kappa shape index (κ1) is 24.1. The SMILES string of the molecule is CCc1nc(C(N)=O)c(Nc2ccc3c(c2)OCC2CN(C(C)=O)CCN32)nc1NC1CCOCC1. The van der Waals surface area contributed by atoms with E-state index in [-0.39, 0.29) is 23.7 Å². The van der Waals surface area contributed by atoms with Gasteiger partial charge in [-0.2, -0.15) is 0 Å². The Morgan fingerprint density at radius 1 is 1.17 bits per heavy atom. The van der Waals surface area contributed by atoms with Gasteiger partial charge in [0, 0.05) is 57.6 Å². The highest BCUT2D eigenvalue weighted by atomic mass is 16.5. The number of piperazine rings is 1. The highest BCUT2D eigenvalue weighted by molar-refractivity contribution is 5.96. The lowest BCUT2D eigenvalue weighted by Gasteiger charge is -2.45. The van der Waals surface area contributed by atoms with Gasteiger partial charge in [0.2, 0.25) is 5.91 Å². The van der Waals surface area contributed by atoms with Crippen LogP contribution in [0.25, 0.3) is 0 Å². The number of hydrogen-bond donors (Lipinski definition) is 3. The van der Waals surface area contributed by atoms with Gasteiger partial charge in [0.15, 0.2) is 17.3 Å². The van der Waals surface area contributed by atoms with Gasteiger partial charge in [0.1, 0.15) is 12.4 Å². The van der Waals surface area contributed by atoms with Crippen LogP contribution in [0.4, 0.5) is 23.0 Å². The number of primary amides is 1. The Kier molecular flexibility index (Phi) is 6.82. The predicted octanol–water partition coefficient (Wildman–Crippen LogP) is 1.90. The molecule has 1 aromatic heterocycles. The molecule has 36 heavy (non-hydrogen) atoms. The summed E-state index contributed by atoms with van der Waals surface area (Å²) >= 11 is 0. The number of benzene rings is 1. The van der Waals surface area contributed by atoms with Crippen LogP contribution < -0.4 is 26.0 Å². The largest absolute Gasteiger partial charge is 0.489 e. The second-order valence-corrected chi connectivity index (χ2v) is 9.40. The summed E-state index contributed by atoms with van der Waals surface area (Å²) in [5, 5.41) is 6.72. The number of fused-ring (bicyclic) bond motifs is 3. The van der Waals surface area contributed by atoms with Crippen LogP contribution in [-0.4, -0.2) is 78.2 Å². The van der Waals surface area contributed by atoms with E-state index in [1.807, 2.05) is 30.0 Å². The minimum absolute atomic E-state index is 0.0890. The van der Waals surface area contributed by atoms with Crippen LogP contribution in [0.15, 0.2) is 18.2 Å². The first-order valence-electron chi connectivity index (χ1n) is 12.5. The summed E-state index contributed by atoms with van der Waals surface area (Å²) in [5.41, 5.74) is 8.17. The molecule has 4 heterocycles. The van der Waals surface area contributed by atoms with Crippen molar-refractivity contribution in [3.8, 4) is 5.75 Å². The number of nitrogens with two attached hydrogens (primary N) is 1. The molecule has 2 amide bonds. The van der Waals surface area contributed by atoms with Crippen LogP contribution in [0.3, 0.4) is 0 Å². The number of nitrogens with one attached hydrogen (secondary N) is 2. The van der Waals surface area contributed by atoms with Gasteiger partial charge in [0.25, 0.3) is 5.91 Å². The molecular weight excluding hydrogens is 462 g/mol. The molecule has 2 saturated heterocycles. The second kappa shape index (κ2) is 10.2. The van der Waals surface area contributed by atoms with Crippen molar-refractivity contribution < 1.29 is 19.1 Å². The average Bonchev–Trinajstić information content (AvgIpc) is 2.88. The van der Waals surface area contributed by atoms with E-state index in [0.717, 1.165) is 30.8 Å². The van der Waals surface area contributed by atoms with E-state index in [2.05, 4.69) is 20.5 Å². The van der Waals surface area contributed by atoms with E-state index >= 15 is 0 Å². The van der Waals surface area contributed by atoms with E-state index < -0.39 is 5.91 Å². The normalized spacial score (nSPS) is 19.7. The Bertz CT molecular complexity index is 1150. The third kappa shape index (κ3) is 4.88. The summed E-state index contributed by atoms with van der Waals surface area (Å²) in [4.78, 5) is 37.5. The van der Waals surface area contributed by atoms with Crippen LogP contribution in [0.2, 0.25) is 0 Å². The summed E-state index contributed by atoms with van der Waals surface area (Å²) in [6.45, 7) is 7.58. The molecule has 1 aromatic carbocycles. The molecule has 1 atom stereocenters. The van der Waals surface area contributed by atoms with Crippen molar-refractivity contribution in [2.24, 2.45) is 5.73 Å². The van der Waals surface area contributed by atoms with Gasteiger partial charge in [-0.05, 0) is 31.4 Å². The molecule has 4 N–H and O–H groups in total. The van der Waals surface area contributed by atoms with Gasteiger partial charge in [-0.3, -0.25) is 9.59 Å². The number of anilines is 4. The topological polar surface area (TPSA) is 135 Å². The lowest BCUT2D eigenvalue weighted by atomic mass is 10.1. The zero-order chi connectivity index (χ0) is 25.2. The van der Waals surface area contributed by atoms with E-state index in [4.69, 9.17) is 20.2 Å². The number of amides is 2. The fourth-order valence-corrected chi connectivity index (χ4v) is 4.99. The maximum atomic E-state index is 12.2. The molecule has 11 heteroatoms. The molecule has 3 aliphatic heterocycles. The highest BCUT2D eigenvalue weighted by Gasteiger charge is 2.34. The Hall–Kier alpha value is -3.60. The lowest BCUT2D eigenvalue weighted by Crippen LogP contribution is -2.58. The number of ether oxygens (including phenoxy) is 2. The Labute approximate surface area is 210 Å². The van der Waals surface area contributed by atoms with Crippen molar-refractivity contribution in [1.29, 1.82) is 0 Å². The maximum Gasteiger partial charge on any atom is 0.271 e. The lowest BCUT2D eigenvalue weighted by molar-refractivity contribution is -0.129. The number of nitrogens with zero attached hydrogens (tertiary/aromatic N) is 4. The van der Waals surface area contributed by atoms with Crippen molar-refractivity contribution in [2.45, 2.75) is 45.2 Å². The third-order valence-electron chi connectivity index (χ3n) is 6.99. The fourth-order valence-electron chi connectivity index (χ4n) is 4.99. The zero-order valence-electron chi connectivity index (χ0n) is 20.7. The van der Waals surface area contributed by atoms with Gasteiger partial charge in [-0.15, -0.1) is 0 Å². The zero-order valence-corrected chi connectivity index (χ0v) is 20.7. The minimum atomic E-state index is -0.641. The molecule has 0 saturated carbocycles. The van der Waals surface area contributed by atoms with Crippen LogP contribution >= 0.6 is 0 Å². The van der Waals surface area contributed by atoms with Crippen LogP contribution in [-0.2, 0) is 16.0 Å². The monoisotopic (exact) mass is 495 g/mol. The quantitative estimate of drug-likeness (QED) is 0.549.